The lowest BCUT2D eigenvalue weighted by Crippen LogP contribution is -2.35. The van der Waals surface area contributed by atoms with E-state index in [9.17, 15) is 14.4 Å². The van der Waals surface area contributed by atoms with Crippen LogP contribution < -0.4 is 10.1 Å². The maximum atomic E-state index is 12.6. The SMILES string of the molecule is CCC(=O)c1ccc(OCC(=O)NCc2cccc(C(=O)N3CCCCC3)c2)cc1. The lowest BCUT2D eigenvalue weighted by molar-refractivity contribution is -0.123. The minimum Gasteiger partial charge on any atom is -0.484 e. The maximum Gasteiger partial charge on any atom is 0.258 e. The number of amides is 2. The molecule has 3 rings (SSSR count). The Morgan fingerprint density at radius 2 is 1.70 bits per heavy atom. The summed E-state index contributed by atoms with van der Waals surface area (Å²) in [4.78, 5) is 38.3. The van der Waals surface area contributed by atoms with E-state index in [1.165, 1.54) is 6.42 Å². The van der Waals surface area contributed by atoms with Gasteiger partial charge in [0, 0.05) is 37.2 Å². The Labute approximate surface area is 177 Å². The van der Waals surface area contributed by atoms with Gasteiger partial charge in [0.2, 0.25) is 0 Å². The van der Waals surface area contributed by atoms with Crippen LogP contribution in [0.1, 0.15) is 58.9 Å². The number of hydrogen-bond acceptors (Lipinski definition) is 4. The molecule has 0 saturated carbocycles. The van der Waals surface area contributed by atoms with Gasteiger partial charge in [-0.1, -0.05) is 19.1 Å². The molecule has 0 unspecified atom stereocenters. The van der Waals surface area contributed by atoms with Crippen LogP contribution >= 0.6 is 0 Å². The van der Waals surface area contributed by atoms with E-state index in [1.807, 2.05) is 36.1 Å². The largest absolute Gasteiger partial charge is 0.484 e. The highest BCUT2D eigenvalue weighted by molar-refractivity contribution is 5.96. The second-order valence-corrected chi connectivity index (χ2v) is 7.42. The molecule has 2 aromatic carbocycles. The summed E-state index contributed by atoms with van der Waals surface area (Å²) in [6.07, 6.45) is 3.74. The minimum atomic E-state index is -0.253. The summed E-state index contributed by atoms with van der Waals surface area (Å²) in [5.74, 6) is 0.403. The van der Waals surface area contributed by atoms with Crippen LogP contribution in [0.4, 0.5) is 0 Å². The molecule has 0 atom stereocenters. The number of rotatable bonds is 8. The zero-order valence-electron chi connectivity index (χ0n) is 17.4. The van der Waals surface area contributed by atoms with Crippen molar-refractivity contribution in [3.05, 3.63) is 65.2 Å². The van der Waals surface area contributed by atoms with E-state index in [0.717, 1.165) is 31.5 Å². The molecular weight excluding hydrogens is 380 g/mol. The molecule has 158 valence electrons. The van der Waals surface area contributed by atoms with Crippen molar-refractivity contribution in [2.45, 2.75) is 39.2 Å². The topological polar surface area (TPSA) is 75.7 Å². The number of likely N-dealkylation sites (tertiary alicyclic amines) is 1. The molecule has 1 aliphatic rings. The van der Waals surface area contributed by atoms with Gasteiger partial charge in [-0.3, -0.25) is 14.4 Å². The van der Waals surface area contributed by atoms with Crippen LogP contribution in [0.2, 0.25) is 0 Å². The molecule has 0 spiro atoms. The number of ether oxygens (including phenoxy) is 1. The third-order valence-electron chi connectivity index (χ3n) is 5.17. The first kappa shape index (κ1) is 21.6. The average Bonchev–Trinajstić information content (AvgIpc) is 2.81. The van der Waals surface area contributed by atoms with Crippen LogP contribution in [0.15, 0.2) is 48.5 Å². The molecule has 30 heavy (non-hydrogen) atoms. The highest BCUT2D eigenvalue weighted by Gasteiger charge is 2.18. The fourth-order valence-electron chi connectivity index (χ4n) is 3.44. The minimum absolute atomic E-state index is 0.0520. The van der Waals surface area contributed by atoms with Gasteiger partial charge >= 0.3 is 0 Å². The smallest absolute Gasteiger partial charge is 0.258 e. The van der Waals surface area contributed by atoms with Crippen LogP contribution in [0.25, 0.3) is 0 Å². The van der Waals surface area contributed by atoms with Crippen molar-refractivity contribution in [1.29, 1.82) is 0 Å². The Morgan fingerprint density at radius 1 is 0.967 bits per heavy atom. The molecule has 1 heterocycles. The third-order valence-corrected chi connectivity index (χ3v) is 5.17. The van der Waals surface area contributed by atoms with Crippen molar-refractivity contribution in [3.63, 3.8) is 0 Å². The molecule has 0 aliphatic carbocycles. The quantitative estimate of drug-likeness (QED) is 0.677. The van der Waals surface area contributed by atoms with Crippen molar-refractivity contribution >= 4 is 17.6 Å². The number of carbonyl (C=O) groups is 3. The van der Waals surface area contributed by atoms with E-state index < -0.39 is 0 Å². The van der Waals surface area contributed by atoms with Crippen molar-refractivity contribution in [1.82, 2.24) is 10.2 Å². The van der Waals surface area contributed by atoms with E-state index >= 15 is 0 Å². The first-order chi connectivity index (χ1) is 14.6. The predicted octanol–water partition coefficient (Wildman–Crippen LogP) is 3.60. The zero-order valence-corrected chi connectivity index (χ0v) is 17.4. The molecule has 0 bridgehead atoms. The molecule has 1 aliphatic heterocycles. The van der Waals surface area contributed by atoms with E-state index in [2.05, 4.69) is 5.32 Å². The monoisotopic (exact) mass is 408 g/mol. The molecule has 0 aromatic heterocycles. The normalized spacial score (nSPS) is 13.6. The molecule has 2 aromatic rings. The van der Waals surface area contributed by atoms with Gasteiger partial charge in [0.15, 0.2) is 12.4 Å². The van der Waals surface area contributed by atoms with Gasteiger partial charge in [0.25, 0.3) is 11.8 Å². The van der Waals surface area contributed by atoms with Gasteiger partial charge in [-0.2, -0.15) is 0 Å². The second-order valence-electron chi connectivity index (χ2n) is 7.42. The summed E-state index contributed by atoms with van der Waals surface area (Å²) in [5, 5.41) is 2.81. The first-order valence-electron chi connectivity index (χ1n) is 10.5. The summed E-state index contributed by atoms with van der Waals surface area (Å²) in [6.45, 7) is 3.65. The first-order valence-corrected chi connectivity index (χ1v) is 10.5. The lowest BCUT2D eigenvalue weighted by atomic mass is 10.1. The zero-order chi connectivity index (χ0) is 21.3. The number of hydrogen-bond donors (Lipinski definition) is 1. The summed E-state index contributed by atoms with van der Waals surface area (Å²) in [7, 11) is 0. The number of nitrogens with one attached hydrogen (secondary N) is 1. The van der Waals surface area contributed by atoms with E-state index in [-0.39, 0.29) is 24.2 Å². The maximum absolute atomic E-state index is 12.6. The molecule has 6 nitrogen and oxygen atoms in total. The Morgan fingerprint density at radius 3 is 2.40 bits per heavy atom. The third kappa shape index (κ3) is 5.92. The number of Topliss-reactive ketones (excluding diaryl/α,β-unsaturated/α-hetero) is 1. The number of nitrogens with zero attached hydrogens (tertiary/aromatic N) is 1. The lowest BCUT2D eigenvalue weighted by Gasteiger charge is -2.26. The molecule has 6 heteroatoms. The van der Waals surface area contributed by atoms with E-state index in [4.69, 9.17) is 4.74 Å². The van der Waals surface area contributed by atoms with Gasteiger partial charge < -0.3 is 15.0 Å². The van der Waals surface area contributed by atoms with Crippen LogP contribution in [0.3, 0.4) is 0 Å². The summed E-state index contributed by atoms with van der Waals surface area (Å²) in [6, 6.07) is 14.2. The molecule has 1 fully saturated rings. The predicted molar refractivity (Wildman–Crippen MR) is 115 cm³/mol. The molecule has 1 saturated heterocycles. The second kappa shape index (κ2) is 10.6. The van der Waals surface area contributed by atoms with E-state index in [0.29, 0.717) is 29.8 Å². The highest BCUT2D eigenvalue weighted by atomic mass is 16.5. The van der Waals surface area contributed by atoms with Gasteiger partial charge in [-0.15, -0.1) is 0 Å². The molecule has 1 N–H and O–H groups in total. The van der Waals surface area contributed by atoms with Crippen LogP contribution in [0, 0.1) is 0 Å². The Balaban J connectivity index is 1.47. The van der Waals surface area contributed by atoms with Crippen molar-refractivity contribution in [2.75, 3.05) is 19.7 Å². The molecule has 2 amide bonds. The van der Waals surface area contributed by atoms with Gasteiger partial charge in [0.05, 0.1) is 0 Å². The Kier molecular flexibility index (Phi) is 7.60. The molecule has 0 radical (unpaired) electrons. The standard InChI is InChI=1S/C24H28N2O4/c1-2-22(27)19-9-11-21(12-10-19)30-17-23(28)25-16-18-7-6-8-20(15-18)24(29)26-13-4-3-5-14-26/h6-12,15H,2-5,13-14,16-17H2,1H3,(H,25,28). The van der Waals surface area contributed by atoms with Gasteiger partial charge in [-0.25, -0.2) is 0 Å². The van der Waals surface area contributed by atoms with Gasteiger partial charge in [0.1, 0.15) is 5.75 Å². The number of carbonyl (C=O) groups excluding carboxylic acids is 3. The van der Waals surface area contributed by atoms with Crippen LogP contribution in [-0.4, -0.2) is 42.2 Å². The van der Waals surface area contributed by atoms with Crippen molar-refractivity contribution < 1.29 is 19.1 Å². The Bertz CT molecular complexity index is 886. The Hall–Kier alpha value is -3.15. The fourth-order valence-corrected chi connectivity index (χ4v) is 3.44. The summed E-state index contributed by atoms with van der Waals surface area (Å²) >= 11 is 0. The van der Waals surface area contributed by atoms with Gasteiger partial charge in [-0.05, 0) is 61.2 Å². The van der Waals surface area contributed by atoms with Crippen LogP contribution in [-0.2, 0) is 11.3 Å². The summed E-state index contributed by atoms with van der Waals surface area (Å²) < 4.78 is 5.48. The number of ketones is 1. The van der Waals surface area contributed by atoms with E-state index in [1.54, 1.807) is 24.3 Å². The highest BCUT2D eigenvalue weighted by Crippen LogP contribution is 2.15. The summed E-state index contributed by atoms with van der Waals surface area (Å²) in [5.41, 5.74) is 2.16. The van der Waals surface area contributed by atoms with Crippen LogP contribution in [0.5, 0.6) is 5.75 Å². The molecular formula is C24H28N2O4. The van der Waals surface area contributed by atoms with Crippen molar-refractivity contribution in [2.24, 2.45) is 0 Å². The van der Waals surface area contributed by atoms with Crippen molar-refractivity contribution in [3.8, 4) is 5.75 Å². The number of benzene rings is 2. The fraction of sp³-hybridized carbons (Fsp3) is 0.375. The average molecular weight is 408 g/mol. The number of piperidine rings is 1.